The van der Waals surface area contributed by atoms with Gasteiger partial charge in [-0.25, -0.2) is 0 Å². The Morgan fingerprint density at radius 2 is 1.72 bits per heavy atom. The van der Waals surface area contributed by atoms with Crippen molar-refractivity contribution in [2.45, 2.75) is 45.6 Å². The van der Waals surface area contributed by atoms with Gasteiger partial charge in [-0.1, -0.05) is 19.3 Å². The zero-order valence-corrected chi connectivity index (χ0v) is 12.0. The first-order valence-corrected chi connectivity index (χ1v) is 7.16. The van der Waals surface area contributed by atoms with Gasteiger partial charge in [0.2, 0.25) is 0 Å². The van der Waals surface area contributed by atoms with Crippen LogP contribution in [-0.4, -0.2) is 29.9 Å². The number of hydrogen-bond acceptors (Lipinski definition) is 3. The van der Waals surface area contributed by atoms with Crippen LogP contribution >= 0.6 is 0 Å². The summed E-state index contributed by atoms with van der Waals surface area (Å²) in [5.41, 5.74) is 2.52. The molecular formula is C14H26N4. The maximum Gasteiger partial charge on any atom is 0.131 e. The molecule has 0 aromatic carbocycles. The van der Waals surface area contributed by atoms with Crippen molar-refractivity contribution in [2.24, 2.45) is 7.05 Å². The minimum Gasteiger partial charge on any atom is -0.357 e. The number of aryl methyl sites for hydroxylation is 2. The Morgan fingerprint density at radius 3 is 2.33 bits per heavy atom. The number of hydrogen-bond donors (Lipinski definition) is 1. The average Bonchev–Trinajstić information content (AvgIpc) is 2.55. The highest BCUT2D eigenvalue weighted by molar-refractivity contribution is 5.50. The van der Waals surface area contributed by atoms with Crippen LogP contribution in [0.4, 0.5) is 5.82 Å². The molecule has 1 aromatic rings. The number of nitrogens with zero attached hydrogens (tertiary/aromatic N) is 3. The zero-order chi connectivity index (χ0) is 13.0. The summed E-state index contributed by atoms with van der Waals surface area (Å²) in [6, 6.07) is 0. The molecule has 0 radical (unpaired) electrons. The third-order valence-electron chi connectivity index (χ3n) is 3.82. The number of rotatable bonds is 3. The van der Waals surface area contributed by atoms with E-state index in [1.54, 1.807) is 0 Å². The quantitative estimate of drug-likeness (QED) is 0.893. The van der Waals surface area contributed by atoms with Crippen LogP contribution in [-0.2, 0) is 13.6 Å². The highest BCUT2D eigenvalue weighted by Crippen LogP contribution is 2.25. The van der Waals surface area contributed by atoms with Crippen LogP contribution < -0.4 is 10.2 Å². The second-order valence-corrected chi connectivity index (χ2v) is 5.30. The fourth-order valence-electron chi connectivity index (χ4n) is 2.93. The van der Waals surface area contributed by atoms with Gasteiger partial charge in [0.1, 0.15) is 5.82 Å². The zero-order valence-electron chi connectivity index (χ0n) is 12.0. The molecule has 1 N–H and O–H groups in total. The lowest BCUT2D eigenvalue weighted by Gasteiger charge is -2.27. The van der Waals surface area contributed by atoms with Crippen LogP contribution in [0.1, 0.15) is 43.4 Å². The topological polar surface area (TPSA) is 33.1 Å². The number of anilines is 1. The Labute approximate surface area is 110 Å². The smallest absolute Gasteiger partial charge is 0.131 e. The molecule has 1 fully saturated rings. The van der Waals surface area contributed by atoms with Gasteiger partial charge in [0.15, 0.2) is 0 Å². The van der Waals surface area contributed by atoms with E-state index >= 15 is 0 Å². The van der Waals surface area contributed by atoms with Crippen molar-refractivity contribution in [2.75, 3.05) is 25.0 Å². The lowest BCUT2D eigenvalue weighted by molar-refractivity contribution is 0.545. The normalized spacial score (nSPS) is 17.6. The summed E-state index contributed by atoms with van der Waals surface area (Å²) in [4.78, 5) is 2.53. The number of nitrogens with one attached hydrogen (secondary N) is 1. The number of aromatic nitrogens is 2. The van der Waals surface area contributed by atoms with E-state index in [0.29, 0.717) is 0 Å². The van der Waals surface area contributed by atoms with Crippen molar-refractivity contribution in [3.05, 3.63) is 11.3 Å². The van der Waals surface area contributed by atoms with Gasteiger partial charge in [-0.05, 0) is 26.8 Å². The summed E-state index contributed by atoms with van der Waals surface area (Å²) >= 11 is 0. The van der Waals surface area contributed by atoms with E-state index in [4.69, 9.17) is 0 Å². The monoisotopic (exact) mass is 250 g/mol. The Bertz CT molecular complexity index is 375. The molecule has 0 saturated carbocycles. The molecule has 1 aliphatic heterocycles. The maximum atomic E-state index is 4.59. The largest absolute Gasteiger partial charge is 0.357 e. The van der Waals surface area contributed by atoms with Crippen molar-refractivity contribution in [1.82, 2.24) is 15.1 Å². The van der Waals surface area contributed by atoms with Crippen molar-refractivity contribution < 1.29 is 0 Å². The predicted molar refractivity (Wildman–Crippen MR) is 76.0 cm³/mol. The first-order valence-electron chi connectivity index (χ1n) is 7.16. The molecule has 0 atom stereocenters. The summed E-state index contributed by atoms with van der Waals surface area (Å²) < 4.78 is 2.06. The van der Waals surface area contributed by atoms with Crippen molar-refractivity contribution in [1.29, 1.82) is 0 Å². The molecule has 0 unspecified atom stereocenters. The molecule has 102 valence electrons. The van der Waals surface area contributed by atoms with Crippen LogP contribution in [0.3, 0.4) is 0 Å². The van der Waals surface area contributed by atoms with E-state index < -0.39 is 0 Å². The van der Waals surface area contributed by atoms with Gasteiger partial charge in [0.05, 0.1) is 5.69 Å². The second-order valence-electron chi connectivity index (χ2n) is 5.30. The van der Waals surface area contributed by atoms with E-state index in [1.807, 2.05) is 7.05 Å². The highest BCUT2D eigenvalue weighted by atomic mass is 15.4. The van der Waals surface area contributed by atoms with Gasteiger partial charge in [-0.2, -0.15) is 5.10 Å². The molecular weight excluding hydrogens is 224 g/mol. The van der Waals surface area contributed by atoms with Gasteiger partial charge in [-0.15, -0.1) is 0 Å². The van der Waals surface area contributed by atoms with E-state index in [1.165, 1.54) is 56.6 Å². The first-order chi connectivity index (χ1) is 8.74. The molecule has 0 amide bonds. The molecule has 4 nitrogen and oxygen atoms in total. The van der Waals surface area contributed by atoms with Gasteiger partial charge in [-0.3, -0.25) is 4.68 Å². The minimum absolute atomic E-state index is 0.908. The molecule has 18 heavy (non-hydrogen) atoms. The van der Waals surface area contributed by atoms with Crippen LogP contribution in [0.25, 0.3) is 0 Å². The molecule has 0 spiro atoms. The van der Waals surface area contributed by atoms with Gasteiger partial charge < -0.3 is 10.2 Å². The highest BCUT2D eigenvalue weighted by Gasteiger charge is 2.19. The summed E-state index contributed by atoms with van der Waals surface area (Å²) in [7, 11) is 4.07. The third-order valence-corrected chi connectivity index (χ3v) is 3.82. The second kappa shape index (κ2) is 6.23. The Kier molecular flexibility index (Phi) is 4.64. The third kappa shape index (κ3) is 2.86. The van der Waals surface area contributed by atoms with Crippen LogP contribution in [0.2, 0.25) is 0 Å². The standard InChI is InChI=1S/C14H26N4/c1-12-13(11-15-2)14(17(3)16-12)18-9-7-5-4-6-8-10-18/h15H,4-11H2,1-3H3. The van der Waals surface area contributed by atoms with Crippen molar-refractivity contribution in [3.8, 4) is 0 Å². The molecule has 1 aliphatic rings. The maximum absolute atomic E-state index is 4.59. The SMILES string of the molecule is CNCc1c(C)nn(C)c1N1CCCCCCC1. The summed E-state index contributed by atoms with van der Waals surface area (Å²) in [6.07, 6.45) is 6.76. The van der Waals surface area contributed by atoms with E-state index in [-0.39, 0.29) is 0 Å². The fraction of sp³-hybridized carbons (Fsp3) is 0.786. The van der Waals surface area contributed by atoms with Crippen LogP contribution in [0.15, 0.2) is 0 Å². The predicted octanol–water partition coefficient (Wildman–Crippen LogP) is 2.22. The molecule has 1 aromatic heterocycles. The molecule has 2 rings (SSSR count). The molecule has 4 heteroatoms. The van der Waals surface area contributed by atoms with E-state index in [9.17, 15) is 0 Å². The first kappa shape index (κ1) is 13.4. The van der Waals surface area contributed by atoms with Crippen LogP contribution in [0, 0.1) is 6.92 Å². The molecule has 1 saturated heterocycles. The summed E-state index contributed by atoms with van der Waals surface area (Å²) in [6.45, 7) is 5.37. The lowest BCUT2D eigenvalue weighted by atomic mass is 10.1. The van der Waals surface area contributed by atoms with E-state index in [0.717, 1.165) is 12.2 Å². The molecule has 0 bridgehead atoms. The van der Waals surface area contributed by atoms with Gasteiger partial charge >= 0.3 is 0 Å². The Balaban J connectivity index is 2.23. The van der Waals surface area contributed by atoms with Gasteiger partial charge in [0.25, 0.3) is 0 Å². The summed E-state index contributed by atoms with van der Waals surface area (Å²) in [5, 5.41) is 7.86. The van der Waals surface area contributed by atoms with Crippen LogP contribution in [0.5, 0.6) is 0 Å². The van der Waals surface area contributed by atoms with Crippen molar-refractivity contribution in [3.63, 3.8) is 0 Å². The Morgan fingerprint density at radius 1 is 1.11 bits per heavy atom. The lowest BCUT2D eigenvalue weighted by Crippen LogP contribution is -2.30. The minimum atomic E-state index is 0.908. The fourth-order valence-corrected chi connectivity index (χ4v) is 2.93. The summed E-state index contributed by atoms with van der Waals surface area (Å²) in [5.74, 6) is 1.32. The van der Waals surface area contributed by atoms with E-state index in [2.05, 4.69) is 34.0 Å². The molecule has 0 aliphatic carbocycles. The van der Waals surface area contributed by atoms with Gasteiger partial charge in [0, 0.05) is 32.2 Å². The molecule has 2 heterocycles. The van der Waals surface area contributed by atoms with Crippen molar-refractivity contribution >= 4 is 5.82 Å². The Hall–Kier alpha value is -1.03. The average molecular weight is 250 g/mol.